The maximum Gasteiger partial charge on any atom is 0.471 e. The van der Waals surface area contributed by atoms with Crippen molar-refractivity contribution in [2.45, 2.75) is 25.6 Å². The molecule has 1 N–H and O–H groups in total. The van der Waals surface area contributed by atoms with E-state index in [2.05, 4.69) is 5.32 Å². The second-order valence-electron chi connectivity index (χ2n) is 5.85. The van der Waals surface area contributed by atoms with Crippen molar-refractivity contribution in [2.24, 2.45) is 0 Å². The van der Waals surface area contributed by atoms with Gasteiger partial charge < -0.3 is 15.1 Å². The van der Waals surface area contributed by atoms with Crippen molar-refractivity contribution >= 4 is 23.5 Å². The van der Waals surface area contributed by atoms with Crippen molar-refractivity contribution in [1.82, 2.24) is 15.1 Å². The van der Waals surface area contributed by atoms with E-state index in [9.17, 15) is 22.8 Å². The zero-order chi connectivity index (χ0) is 18.6. The third-order valence-electron chi connectivity index (χ3n) is 4.02. The summed E-state index contributed by atoms with van der Waals surface area (Å²) in [5, 5.41) is 3.39. The third-order valence-corrected chi connectivity index (χ3v) is 4.27. The van der Waals surface area contributed by atoms with Crippen LogP contribution < -0.4 is 5.32 Å². The van der Waals surface area contributed by atoms with E-state index in [4.69, 9.17) is 11.6 Å². The molecule has 1 aromatic carbocycles. The summed E-state index contributed by atoms with van der Waals surface area (Å²) in [5.41, 5.74) is 0.862. The average molecular weight is 378 g/mol. The fourth-order valence-electron chi connectivity index (χ4n) is 2.61. The summed E-state index contributed by atoms with van der Waals surface area (Å²) >= 11 is 5.83. The molecule has 9 heteroatoms. The lowest BCUT2D eigenvalue weighted by Gasteiger charge is -2.24. The molecule has 0 spiro atoms. The third kappa shape index (κ3) is 5.26. The molecule has 1 aromatic rings. The number of urea groups is 1. The summed E-state index contributed by atoms with van der Waals surface area (Å²) in [5.74, 6) is -1.86. The number of carbonyl (C=O) groups is 2. The van der Waals surface area contributed by atoms with E-state index < -0.39 is 12.1 Å². The van der Waals surface area contributed by atoms with Crippen LogP contribution in [0.5, 0.6) is 0 Å². The monoisotopic (exact) mass is 377 g/mol. The van der Waals surface area contributed by atoms with Gasteiger partial charge in [-0.2, -0.15) is 13.2 Å². The number of benzene rings is 1. The fourth-order valence-corrected chi connectivity index (χ4v) is 2.74. The van der Waals surface area contributed by atoms with Gasteiger partial charge in [-0.15, -0.1) is 0 Å². The van der Waals surface area contributed by atoms with E-state index in [1.165, 1.54) is 4.90 Å². The Morgan fingerprint density at radius 2 is 1.64 bits per heavy atom. The molecule has 1 aliphatic rings. The minimum atomic E-state index is -4.89. The van der Waals surface area contributed by atoms with Crippen LogP contribution in [-0.2, 0) is 4.79 Å². The zero-order valence-corrected chi connectivity index (χ0v) is 14.4. The highest BCUT2D eigenvalue weighted by atomic mass is 35.5. The lowest BCUT2D eigenvalue weighted by Crippen LogP contribution is -2.45. The first-order valence-electron chi connectivity index (χ1n) is 7.85. The Labute approximate surface area is 148 Å². The summed E-state index contributed by atoms with van der Waals surface area (Å²) in [6, 6.07) is 6.36. The van der Waals surface area contributed by atoms with E-state index >= 15 is 0 Å². The molecule has 1 aliphatic heterocycles. The van der Waals surface area contributed by atoms with Crippen molar-refractivity contribution in [3.63, 3.8) is 0 Å². The molecule has 138 valence electrons. The molecule has 0 unspecified atom stereocenters. The maximum atomic E-state index is 12.5. The largest absolute Gasteiger partial charge is 0.471 e. The molecule has 1 fully saturated rings. The SMILES string of the molecule is C[C@@H](NC(=O)N1CCCN(C(=O)C(F)(F)F)CC1)c1ccc(Cl)cc1. The Balaban J connectivity index is 1.92. The van der Waals surface area contributed by atoms with Gasteiger partial charge in [0.25, 0.3) is 0 Å². The summed E-state index contributed by atoms with van der Waals surface area (Å²) in [6.07, 6.45) is -4.59. The van der Waals surface area contributed by atoms with Crippen LogP contribution in [0.4, 0.5) is 18.0 Å². The highest BCUT2D eigenvalue weighted by Crippen LogP contribution is 2.20. The molecule has 5 nitrogen and oxygen atoms in total. The van der Waals surface area contributed by atoms with Crippen LogP contribution >= 0.6 is 11.6 Å². The van der Waals surface area contributed by atoms with E-state index in [0.717, 1.165) is 10.5 Å². The lowest BCUT2D eigenvalue weighted by atomic mass is 10.1. The Morgan fingerprint density at radius 1 is 1.08 bits per heavy atom. The second-order valence-corrected chi connectivity index (χ2v) is 6.29. The quantitative estimate of drug-likeness (QED) is 0.860. The molecule has 1 atom stereocenters. The van der Waals surface area contributed by atoms with Gasteiger partial charge in [-0.3, -0.25) is 4.79 Å². The van der Waals surface area contributed by atoms with Crippen LogP contribution in [-0.4, -0.2) is 54.1 Å². The standard InChI is InChI=1S/C16H19ClF3N3O2/c1-11(12-3-5-13(17)6-4-12)21-15(25)23-8-2-7-22(9-10-23)14(24)16(18,19)20/h3-6,11H,2,7-10H2,1H3,(H,21,25)/t11-/m1/s1. The normalized spacial score (nSPS) is 17.0. The number of halogens is 4. The zero-order valence-electron chi connectivity index (χ0n) is 13.6. The molecular formula is C16H19ClF3N3O2. The van der Waals surface area contributed by atoms with E-state index in [-0.39, 0.29) is 31.7 Å². The first-order chi connectivity index (χ1) is 11.7. The van der Waals surface area contributed by atoms with E-state index in [1.807, 2.05) is 0 Å². The minimum absolute atomic E-state index is 0.0190. The summed E-state index contributed by atoms with van der Waals surface area (Å²) in [7, 11) is 0. The number of carbonyl (C=O) groups excluding carboxylic acids is 2. The van der Waals surface area contributed by atoms with Gasteiger partial charge in [-0.1, -0.05) is 23.7 Å². The average Bonchev–Trinajstić information content (AvgIpc) is 2.79. The molecule has 0 aromatic heterocycles. The molecule has 0 radical (unpaired) electrons. The molecule has 0 aliphatic carbocycles. The van der Waals surface area contributed by atoms with Crippen molar-refractivity contribution < 1.29 is 22.8 Å². The Morgan fingerprint density at radius 3 is 2.24 bits per heavy atom. The van der Waals surface area contributed by atoms with Crippen molar-refractivity contribution in [3.8, 4) is 0 Å². The molecule has 2 rings (SSSR count). The van der Waals surface area contributed by atoms with Gasteiger partial charge in [0, 0.05) is 31.2 Å². The van der Waals surface area contributed by atoms with Gasteiger partial charge in [0.2, 0.25) is 0 Å². The number of alkyl halides is 3. The van der Waals surface area contributed by atoms with Crippen LogP contribution in [0, 0.1) is 0 Å². The molecule has 25 heavy (non-hydrogen) atoms. The number of rotatable bonds is 2. The van der Waals surface area contributed by atoms with Crippen LogP contribution in [0.2, 0.25) is 5.02 Å². The Hall–Kier alpha value is -1.96. The smallest absolute Gasteiger partial charge is 0.333 e. The summed E-state index contributed by atoms with van der Waals surface area (Å²) in [4.78, 5) is 25.8. The Kier molecular flexibility index (Phi) is 6.16. The van der Waals surface area contributed by atoms with Gasteiger partial charge in [0.15, 0.2) is 0 Å². The predicted molar refractivity (Wildman–Crippen MR) is 87.2 cm³/mol. The molecule has 1 saturated heterocycles. The number of hydrogen-bond donors (Lipinski definition) is 1. The van der Waals surface area contributed by atoms with Crippen LogP contribution in [0.15, 0.2) is 24.3 Å². The first-order valence-corrected chi connectivity index (χ1v) is 8.23. The number of nitrogens with zero attached hydrogens (tertiary/aromatic N) is 2. The number of hydrogen-bond acceptors (Lipinski definition) is 2. The second kappa shape index (κ2) is 7.95. The van der Waals surface area contributed by atoms with E-state index in [0.29, 0.717) is 18.0 Å². The summed E-state index contributed by atoms with van der Waals surface area (Å²) < 4.78 is 37.5. The van der Waals surface area contributed by atoms with Crippen LogP contribution in [0.25, 0.3) is 0 Å². The van der Waals surface area contributed by atoms with Crippen molar-refractivity contribution in [3.05, 3.63) is 34.9 Å². The van der Waals surface area contributed by atoms with Crippen LogP contribution in [0.1, 0.15) is 24.9 Å². The lowest BCUT2D eigenvalue weighted by molar-refractivity contribution is -0.185. The fraction of sp³-hybridized carbons (Fsp3) is 0.500. The maximum absolute atomic E-state index is 12.5. The Bertz CT molecular complexity index is 622. The predicted octanol–water partition coefficient (Wildman–Crippen LogP) is 3.21. The van der Waals surface area contributed by atoms with Gasteiger partial charge in [-0.25, -0.2) is 4.79 Å². The van der Waals surface area contributed by atoms with Gasteiger partial charge in [0.1, 0.15) is 0 Å². The van der Waals surface area contributed by atoms with Gasteiger partial charge in [0.05, 0.1) is 6.04 Å². The molecule has 3 amide bonds. The van der Waals surface area contributed by atoms with Gasteiger partial charge >= 0.3 is 18.1 Å². The van der Waals surface area contributed by atoms with E-state index in [1.54, 1.807) is 31.2 Å². The molecule has 0 saturated carbocycles. The summed E-state index contributed by atoms with van der Waals surface area (Å²) in [6.45, 7) is 2.00. The highest BCUT2D eigenvalue weighted by Gasteiger charge is 2.42. The van der Waals surface area contributed by atoms with Crippen molar-refractivity contribution in [2.75, 3.05) is 26.2 Å². The van der Waals surface area contributed by atoms with Gasteiger partial charge in [-0.05, 0) is 31.0 Å². The number of nitrogens with one attached hydrogen (secondary N) is 1. The molecule has 0 bridgehead atoms. The topological polar surface area (TPSA) is 52.7 Å². The minimum Gasteiger partial charge on any atom is -0.333 e. The van der Waals surface area contributed by atoms with Crippen molar-refractivity contribution in [1.29, 1.82) is 0 Å². The molecule has 1 heterocycles. The molecular weight excluding hydrogens is 359 g/mol. The number of amides is 3. The first kappa shape index (κ1) is 19.4. The highest BCUT2D eigenvalue weighted by molar-refractivity contribution is 6.30. The van der Waals surface area contributed by atoms with Crippen LogP contribution in [0.3, 0.4) is 0 Å².